The maximum atomic E-state index is 12.1. The summed E-state index contributed by atoms with van der Waals surface area (Å²) in [5.41, 5.74) is 5.90. The van der Waals surface area contributed by atoms with Gasteiger partial charge in [-0.15, -0.1) is 0 Å². The first-order chi connectivity index (χ1) is 12.7. The molecule has 0 radical (unpaired) electrons. The Bertz CT molecular complexity index is 926. The van der Waals surface area contributed by atoms with Gasteiger partial charge in [0.25, 0.3) is 0 Å². The van der Waals surface area contributed by atoms with E-state index in [9.17, 15) is 4.79 Å². The van der Waals surface area contributed by atoms with Gasteiger partial charge in [0, 0.05) is 29.8 Å². The molecule has 5 heteroatoms. The molecule has 130 valence electrons. The van der Waals surface area contributed by atoms with Crippen molar-refractivity contribution in [3.05, 3.63) is 83.7 Å². The standard InChI is InChI=1S/C21H19N3O2/c1-13-11-22-20(23-12-13)16-9-5-8-15(10-16)18-17(19(18)21(25)24-26)14-6-3-2-4-7-14/h2-12,17-19,26H,1H3,(H,24,25). The van der Waals surface area contributed by atoms with Gasteiger partial charge in [-0.25, -0.2) is 15.4 Å². The van der Waals surface area contributed by atoms with Crippen molar-refractivity contribution in [1.82, 2.24) is 15.4 Å². The van der Waals surface area contributed by atoms with Crippen LogP contribution in [0.2, 0.25) is 0 Å². The number of carbonyl (C=O) groups excluding carboxylic acids is 1. The Morgan fingerprint density at radius 3 is 2.31 bits per heavy atom. The highest BCUT2D eigenvalue weighted by atomic mass is 16.5. The third-order valence-electron chi connectivity index (χ3n) is 4.93. The average molecular weight is 345 g/mol. The van der Waals surface area contributed by atoms with Crippen LogP contribution in [-0.4, -0.2) is 21.1 Å². The van der Waals surface area contributed by atoms with Crippen molar-refractivity contribution in [1.29, 1.82) is 0 Å². The van der Waals surface area contributed by atoms with Crippen molar-refractivity contribution in [3.63, 3.8) is 0 Å². The topological polar surface area (TPSA) is 75.1 Å². The summed E-state index contributed by atoms with van der Waals surface area (Å²) >= 11 is 0. The molecule has 1 heterocycles. The van der Waals surface area contributed by atoms with Gasteiger partial charge in [-0.1, -0.05) is 48.5 Å². The van der Waals surface area contributed by atoms with Crippen LogP contribution in [0, 0.1) is 12.8 Å². The molecular weight excluding hydrogens is 326 g/mol. The lowest BCUT2D eigenvalue weighted by atomic mass is 10.0. The van der Waals surface area contributed by atoms with Gasteiger partial charge in [-0.2, -0.15) is 0 Å². The molecule has 1 amide bonds. The fourth-order valence-corrected chi connectivity index (χ4v) is 3.64. The van der Waals surface area contributed by atoms with Crippen molar-refractivity contribution < 1.29 is 10.0 Å². The minimum absolute atomic E-state index is 0.0231. The van der Waals surface area contributed by atoms with Crippen LogP contribution in [0.5, 0.6) is 0 Å². The second-order valence-electron chi connectivity index (χ2n) is 6.67. The lowest BCUT2D eigenvalue weighted by Crippen LogP contribution is -2.21. The van der Waals surface area contributed by atoms with E-state index in [-0.39, 0.29) is 23.7 Å². The summed E-state index contributed by atoms with van der Waals surface area (Å²) in [7, 11) is 0. The molecule has 4 rings (SSSR count). The third kappa shape index (κ3) is 2.97. The number of hydrogen-bond donors (Lipinski definition) is 2. The Morgan fingerprint density at radius 1 is 0.962 bits per heavy atom. The van der Waals surface area contributed by atoms with E-state index < -0.39 is 0 Å². The second-order valence-corrected chi connectivity index (χ2v) is 6.67. The summed E-state index contributed by atoms with van der Waals surface area (Å²) in [5.74, 6) is 0.113. The van der Waals surface area contributed by atoms with E-state index in [4.69, 9.17) is 5.21 Å². The first-order valence-electron chi connectivity index (χ1n) is 8.57. The molecule has 0 aliphatic heterocycles. The Balaban J connectivity index is 1.68. The van der Waals surface area contributed by atoms with Crippen LogP contribution < -0.4 is 5.48 Å². The zero-order chi connectivity index (χ0) is 18.1. The number of nitrogens with zero attached hydrogens (tertiary/aromatic N) is 2. The van der Waals surface area contributed by atoms with E-state index >= 15 is 0 Å². The first kappa shape index (κ1) is 16.4. The highest BCUT2D eigenvalue weighted by Crippen LogP contribution is 2.60. The van der Waals surface area contributed by atoms with E-state index in [1.54, 1.807) is 12.4 Å². The molecule has 0 bridgehead atoms. The van der Waals surface area contributed by atoms with Gasteiger partial charge in [-0.05, 0) is 29.7 Å². The molecule has 3 atom stereocenters. The number of hydroxylamine groups is 1. The molecule has 3 aromatic rings. The normalized spacial score (nSPS) is 21.2. The number of aryl methyl sites for hydroxylation is 1. The van der Waals surface area contributed by atoms with Gasteiger partial charge >= 0.3 is 0 Å². The summed E-state index contributed by atoms with van der Waals surface area (Å²) < 4.78 is 0. The number of amides is 1. The van der Waals surface area contributed by atoms with Crippen molar-refractivity contribution in [2.75, 3.05) is 0 Å². The van der Waals surface area contributed by atoms with Crippen molar-refractivity contribution >= 4 is 5.91 Å². The van der Waals surface area contributed by atoms with E-state index in [2.05, 4.69) is 9.97 Å². The highest BCUT2D eigenvalue weighted by Gasteiger charge is 2.56. The number of nitrogens with one attached hydrogen (secondary N) is 1. The molecule has 0 spiro atoms. The zero-order valence-electron chi connectivity index (χ0n) is 14.3. The molecule has 1 aliphatic carbocycles. The average Bonchev–Trinajstić information content (AvgIpc) is 3.44. The lowest BCUT2D eigenvalue weighted by Gasteiger charge is -2.05. The van der Waals surface area contributed by atoms with E-state index in [0.29, 0.717) is 5.82 Å². The summed E-state index contributed by atoms with van der Waals surface area (Å²) in [4.78, 5) is 20.9. The van der Waals surface area contributed by atoms with Crippen LogP contribution in [0.4, 0.5) is 0 Å². The number of aromatic nitrogens is 2. The predicted molar refractivity (Wildman–Crippen MR) is 97.5 cm³/mol. The minimum Gasteiger partial charge on any atom is -0.289 e. The maximum Gasteiger partial charge on any atom is 0.247 e. The number of rotatable bonds is 4. The summed E-state index contributed by atoms with van der Waals surface area (Å²) in [6, 6.07) is 17.9. The number of hydrogen-bond acceptors (Lipinski definition) is 4. The monoisotopic (exact) mass is 345 g/mol. The van der Waals surface area contributed by atoms with Crippen LogP contribution in [-0.2, 0) is 4.79 Å². The van der Waals surface area contributed by atoms with Gasteiger partial charge in [0.15, 0.2) is 5.82 Å². The van der Waals surface area contributed by atoms with Gasteiger partial charge in [0.05, 0.1) is 5.92 Å². The predicted octanol–water partition coefficient (Wildman–Crippen LogP) is 3.45. The molecule has 26 heavy (non-hydrogen) atoms. The van der Waals surface area contributed by atoms with E-state index in [1.165, 1.54) is 0 Å². The molecule has 2 aromatic carbocycles. The molecule has 1 saturated carbocycles. The van der Waals surface area contributed by atoms with Crippen molar-refractivity contribution in [3.8, 4) is 11.4 Å². The smallest absolute Gasteiger partial charge is 0.247 e. The second kappa shape index (κ2) is 6.69. The molecule has 1 fully saturated rings. The van der Waals surface area contributed by atoms with Crippen LogP contribution in [0.1, 0.15) is 28.5 Å². The van der Waals surface area contributed by atoms with Crippen LogP contribution in [0.25, 0.3) is 11.4 Å². The van der Waals surface area contributed by atoms with E-state index in [1.807, 2.05) is 67.0 Å². The van der Waals surface area contributed by atoms with Crippen LogP contribution in [0.15, 0.2) is 67.0 Å². The number of carbonyl (C=O) groups is 1. The Kier molecular flexibility index (Phi) is 4.22. The fourth-order valence-electron chi connectivity index (χ4n) is 3.64. The maximum absolute atomic E-state index is 12.1. The minimum atomic E-state index is -0.346. The number of benzene rings is 2. The van der Waals surface area contributed by atoms with Crippen molar-refractivity contribution in [2.24, 2.45) is 5.92 Å². The summed E-state index contributed by atoms with van der Waals surface area (Å²) in [6.07, 6.45) is 3.59. The molecule has 3 unspecified atom stereocenters. The zero-order valence-corrected chi connectivity index (χ0v) is 14.3. The summed E-state index contributed by atoms with van der Waals surface area (Å²) in [6.45, 7) is 1.95. The van der Waals surface area contributed by atoms with Crippen LogP contribution in [0.3, 0.4) is 0 Å². The Hall–Kier alpha value is -3.05. The molecule has 0 saturated heterocycles. The van der Waals surface area contributed by atoms with Gasteiger partial charge < -0.3 is 0 Å². The van der Waals surface area contributed by atoms with Gasteiger partial charge in [0.2, 0.25) is 5.91 Å². The fraction of sp³-hybridized carbons (Fsp3) is 0.190. The van der Waals surface area contributed by atoms with Gasteiger partial charge in [0.1, 0.15) is 0 Å². The summed E-state index contributed by atoms with van der Waals surface area (Å²) in [5, 5.41) is 9.11. The third-order valence-corrected chi connectivity index (χ3v) is 4.93. The lowest BCUT2D eigenvalue weighted by molar-refractivity contribution is -0.130. The Labute approximate surface area is 151 Å². The molecule has 2 N–H and O–H groups in total. The first-order valence-corrected chi connectivity index (χ1v) is 8.57. The Morgan fingerprint density at radius 2 is 1.62 bits per heavy atom. The van der Waals surface area contributed by atoms with E-state index in [0.717, 1.165) is 22.3 Å². The van der Waals surface area contributed by atoms with Gasteiger partial charge in [-0.3, -0.25) is 10.0 Å². The SMILES string of the molecule is Cc1cnc(-c2cccc(C3C(C(=O)NO)C3c3ccccc3)c2)nc1. The highest BCUT2D eigenvalue weighted by molar-refractivity contribution is 5.84. The molecule has 5 nitrogen and oxygen atoms in total. The molecular formula is C21H19N3O2. The quantitative estimate of drug-likeness (QED) is 0.561. The molecule has 1 aromatic heterocycles. The molecule has 1 aliphatic rings. The largest absolute Gasteiger partial charge is 0.289 e. The van der Waals surface area contributed by atoms with Crippen LogP contribution >= 0.6 is 0 Å². The van der Waals surface area contributed by atoms with Crippen molar-refractivity contribution in [2.45, 2.75) is 18.8 Å².